The molecule has 0 radical (unpaired) electrons. The average Bonchev–Trinajstić information content (AvgIpc) is 3.31. The summed E-state index contributed by atoms with van der Waals surface area (Å²) in [5, 5.41) is 7.37. The fourth-order valence-corrected chi connectivity index (χ4v) is 5.62. The van der Waals surface area contributed by atoms with Crippen LogP contribution in [-0.2, 0) is 14.3 Å². The number of imide groups is 1. The van der Waals surface area contributed by atoms with Gasteiger partial charge in [0.05, 0.1) is 6.61 Å². The van der Waals surface area contributed by atoms with E-state index in [2.05, 4.69) is 10.6 Å². The van der Waals surface area contributed by atoms with Crippen LogP contribution in [0.25, 0.3) is 11.1 Å². The smallest absolute Gasteiger partial charge is 0.341 e. The number of halogens is 1. The van der Waals surface area contributed by atoms with Crippen molar-refractivity contribution in [2.24, 2.45) is 5.92 Å². The third-order valence-electron chi connectivity index (χ3n) is 6.48. The number of carbonyl (C=O) groups is 4. The number of benzene rings is 1. The molecule has 1 aliphatic carbocycles. The summed E-state index contributed by atoms with van der Waals surface area (Å²) in [4.78, 5) is 52.2. The van der Waals surface area contributed by atoms with Crippen LogP contribution < -0.4 is 10.6 Å². The number of urea groups is 1. The minimum atomic E-state index is -0.954. The molecule has 2 atom stereocenters. The zero-order chi connectivity index (χ0) is 24.5. The van der Waals surface area contributed by atoms with E-state index in [0.29, 0.717) is 17.5 Å². The van der Waals surface area contributed by atoms with Crippen LogP contribution in [0.4, 0.5) is 14.2 Å². The van der Waals surface area contributed by atoms with Crippen molar-refractivity contribution in [2.45, 2.75) is 45.1 Å². The molecular formula is C24H26FN3O5S. The van der Waals surface area contributed by atoms with Crippen LogP contribution in [-0.4, -0.2) is 47.4 Å². The number of nitrogens with zero attached hydrogens (tertiary/aromatic N) is 1. The number of rotatable bonds is 6. The van der Waals surface area contributed by atoms with E-state index < -0.39 is 35.8 Å². The monoisotopic (exact) mass is 487 g/mol. The van der Waals surface area contributed by atoms with Crippen LogP contribution >= 0.6 is 11.3 Å². The van der Waals surface area contributed by atoms with Crippen molar-refractivity contribution in [3.05, 3.63) is 41.0 Å². The van der Waals surface area contributed by atoms with Crippen LogP contribution in [0.5, 0.6) is 0 Å². The molecule has 0 unspecified atom stereocenters. The van der Waals surface area contributed by atoms with E-state index in [0.717, 1.165) is 35.5 Å². The standard InChI is InChI=1S/C24H26FN3O5S/c1-3-33-21(30)19-17(15-7-9-16(25)10-8-15)13-34-20(19)26-18(29)12-28-22(31)24(27-23(28)32)11-5-4-6-14(24)2/h7-10,13-14H,3-6,11-12H2,1-2H3,(H,26,29)(H,27,32)/t14-,24+/m0/s1. The minimum absolute atomic E-state index is 0.0169. The molecule has 2 aromatic rings. The lowest BCUT2D eigenvalue weighted by atomic mass is 9.73. The highest BCUT2D eigenvalue weighted by molar-refractivity contribution is 7.15. The van der Waals surface area contributed by atoms with Gasteiger partial charge >= 0.3 is 12.0 Å². The summed E-state index contributed by atoms with van der Waals surface area (Å²) < 4.78 is 18.5. The molecule has 1 saturated carbocycles. The molecule has 8 nitrogen and oxygen atoms in total. The summed E-state index contributed by atoms with van der Waals surface area (Å²) in [6.07, 6.45) is 3.21. The van der Waals surface area contributed by atoms with Gasteiger partial charge in [0.15, 0.2) is 0 Å². The second-order valence-electron chi connectivity index (χ2n) is 8.57. The van der Waals surface area contributed by atoms with Crippen molar-refractivity contribution in [1.29, 1.82) is 0 Å². The van der Waals surface area contributed by atoms with Gasteiger partial charge in [-0.15, -0.1) is 11.3 Å². The molecule has 1 aromatic carbocycles. The summed E-state index contributed by atoms with van der Waals surface area (Å²) in [7, 11) is 0. The Labute approximate surface area is 200 Å². The van der Waals surface area contributed by atoms with Gasteiger partial charge in [0.2, 0.25) is 5.91 Å². The first-order valence-electron chi connectivity index (χ1n) is 11.3. The molecule has 1 aromatic heterocycles. The summed E-state index contributed by atoms with van der Waals surface area (Å²) in [5.74, 6) is -2.06. The molecule has 4 rings (SSSR count). The second kappa shape index (κ2) is 9.54. The fourth-order valence-electron chi connectivity index (χ4n) is 4.65. The van der Waals surface area contributed by atoms with Crippen LogP contribution in [0.15, 0.2) is 29.6 Å². The first-order valence-corrected chi connectivity index (χ1v) is 12.1. The average molecular weight is 488 g/mol. The molecule has 2 N–H and O–H groups in total. The number of nitrogens with one attached hydrogen (secondary N) is 2. The molecule has 1 saturated heterocycles. The Morgan fingerprint density at radius 2 is 2.00 bits per heavy atom. The number of ether oxygens (including phenoxy) is 1. The maximum absolute atomic E-state index is 13.4. The van der Waals surface area contributed by atoms with E-state index in [-0.39, 0.29) is 29.0 Å². The Morgan fingerprint density at radius 3 is 2.68 bits per heavy atom. The van der Waals surface area contributed by atoms with Crippen LogP contribution in [0.3, 0.4) is 0 Å². The third-order valence-corrected chi connectivity index (χ3v) is 7.38. The predicted octanol–water partition coefficient (Wildman–Crippen LogP) is 4.17. The lowest BCUT2D eigenvalue weighted by Crippen LogP contribution is -2.54. The molecule has 1 aliphatic heterocycles. The lowest BCUT2D eigenvalue weighted by molar-refractivity contribution is -0.136. The number of hydrogen-bond donors (Lipinski definition) is 2. The SMILES string of the molecule is CCOC(=O)c1c(-c2ccc(F)cc2)csc1NC(=O)CN1C(=O)N[C@@]2(CCCC[C@@H]2C)C1=O. The first kappa shape index (κ1) is 23.9. The second-order valence-corrected chi connectivity index (χ2v) is 9.45. The molecule has 1 spiro atoms. The Kier molecular flexibility index (Phi) is 6.70. The van der Waals surface area contributed by atoms with Crippen molar-refractivity contribution in [2.75, 3.05) is 18.5 Å². The maximum atomic E-state index is 13.4. The number of thiophene rings is 1. The van der Waals surface area contributed by atoms with Crippen molar-refractivity contribution in [1.82, 2.24) is 10.2 Å². The third kappa shape index (κ3) is 4.29. The number of hydrogen-bond acceptors (Lipinski definition) is 6. The molecule has 180 valence electrons. The van der Waals surface area contributed by atoms with Crippen molar-refractivity contribution in [3.8, 4) is 11.1 Å². The number of amides is 4. The van der Waals surface area contributed by atoms with Gasteiger partial charge in [-0.1, -0.05) is 31.9 Å². The zero-order valence-electron chi connectivity index (χ0n) is 19.0. The maximum Gasteiger partial charge on any atom is 0.341 e. The molecule has 2 fully saturated rings. The Balaban J connectivity index is 1.55. The van der Waals surface area contributed by atoms with E-state index in [1.54, 1.807) is 12.3 Å². The van der Waals surface area contributed by atoms with Crippen molar-refractivity contribution in [3.63, 3.8) is 0 Å². The zero-order valence-corrected chi connectivity index (χ0v) is 19.8. The molecule has 4 amide bonds. The Hall–Kier alpha value is -3.27. The molecule has 0 bridgehead atoms. The van der Waals surface area contributed by atoms with Gasteiger partial charge in [0, 0.05) is 10.9 Å². The Bertz CT molecular complexity index is 1130. The van der Waals surface area contributed by atoms with Gasteiger partial charge < -0.3 is 15.4 Å². The lowest BCUT2D eigenvalue weighted by Gasteiger charge is -2.36. The van der Waals surface area contributed by atoms with E-state index in [1.165, 1.54) is 24.3 Å². The van der Waals surface area contributed by atoms with Gasteiger partial charge in [-0.25, -0.2) is 14.0 Å². The fraction of sp³-hybridized carbons (Fsp3) is 0.417. The van der Waals surface area contributed by atoms with E-state index in [4.69, 9.17) is 4.74 Å². The molecular weight excluding hydrogens is 461 g/mol. The number of esters is 1. The Morgan fingerprint density at radius 1 is 1.26 bits per heavy atom. The normalized spacial score (nSPS) is 22.1. The van der Waals surface area contributed by atoms with E-state index >= 15 is 0 Å². The van der Waals surface area contributed by atoms with Gasteiger partial charge in [0.25, 0.3) is 5.91 Å². The van der Waals surface area contributed by atoms with Gasteiger partial charge in [-0.05, 0) is 43.4 Å². The van der Waals surface area contributed by atoms with Crippen LogP contribution in [0.2, 0.25) is 0 Å². The summed E-state index contributed by atoms with van der Waals surface area (Å²) in [6.45, 7) is 3.27. The van der Waals surface area contributed by atoms with Crippen LogP contribution in [0.1, 0.15) is 49.9 Å². The van der Waals surface area contributed by atoms with Gasteiger partial charge in [0.1, 0.15) is 28.5 Å². The topological polar surface area (TPSA) is 105 Å². The summed E-state index contributed by atoms with van der Waals surface area (Å²) >= 11 is 1.11. The largest absolute Gasteiger partial charge is 0.462 e. The highest BCUT2D eigenvalue weighted by atomic mass is 32.1. The number of carbonyl (C=O) groups excluding carboxylic acids is 4. The molecule has 2 heterocycles. The highest BCUT2D eigenvalue weighted by Gasteiger charge is 2.55. The molecule has 2 aliphatic rings. The number of anilines is 1. The summed E-state index contributed by atoms with van der Waals surface area (Å²) in [6, 6.07) is 5.03. The van der Waals surface area contributed by atoms with Crippen LogP contribution in [0, 0.1) is 11.7 Å². The first-order chi connectivity index (χ1) is 16.3. The van der Waals surface area contributed by atoms with Crippen molar-refractivity contribution >= 4 is 40.2 Å². The minimum Gasteiger partial charge on any atom is -0.462 e. The van der Waals surface area contributed by atoms with Gasteiger partial charge in [-0.2, -0.15) is 0 Å². The molecule has 34 heavy (non-hydrogen) atoms. The van der Waals surface area contributed by atoms with E-state index in [9.17, 15) is 23.6 Å². The van der Waals surface area contributed by atoms with Crippen molar-refractivity contribution < 1.29 is 28.3 Å². The molecule has 10 heteroatoms. The predicted molar refractivity (Wildman–Crippen MR) is 125 cm³/mol. The van der Waals surface area contributed by atoms with Gasteiger partial charge in [-0.3, -0.25) is 14.5 Å². The summed E-state index contributed by atoms with van der Waals surface area (Å²) in [5.41, 5.74) is 0.262. The highest BCUT2D eigenvalue weighted by Crippen LogP contribution is 2.39. The quantitative estimate of drug-likeness (QED) is 0.470. The van der Waals surface area contributed by atoms with E-state index in [1.807, 2.05) is 6.92 Å².